The molecule has 2 rings (SSSR count). The van der Waals surface area contributed by atoms with E-state index in [1.807, 2.05) is 0 Å². The number of nitrogens with two attached hydrogens (primary N) is 1. The summed E-state index contributed by atoms with van der Waals surface area (Å²) < 4.78 is 19.3. The Hall–Kier alpha value is -2.03. The van der Waals surface area contributed by atoms with Crippen LogP contribution in [0.15, 0.2) is 29.0 Å². The number of nitrogen functional groups attached to an aromatic ring is 1. The van der Waals surface area contributed by atoms with Gasteiger partial charge >= 0.3 is 5.69 Å². The molecule has 1 aromatic rings. The van der Waals surface area contributed by atoms with E-state index in [0.717, 1.165) is 4.57 Å². The molecule has 0 spiro atoms. The lowest BCUT2D eigenvalue weighted by Crippen LogP contribution is -2.29. The zero-order valence-corrected chi connectivity index (χ0v) is 11.3. The van der Waals surface area contributed by atoms with E-state index in [1.165, 1.54) is 6.20 Å². The van der Waals surface area contributed by atoms with E-state index in [0.29, 0.717) is 5.56 Å². The molecular weight excluding hydrogens is 281 g/mol. The van der Waals surface area contributed by atoms with Crippen LogP contribution in [0, 0.1) is 0 Å². The van der Waals surface area contributed by atoms with Crippen LogP contribution in [-0.2, 0) is 4.74 Å². The highest BCUT2D eigenvalue weighted by Crippen LogP contribution is 2.33. The van der Waals surface area contributed by atoms with Crippen LogP contribution in [0.25, 0.3) is 6.08 Å². The fourth-order valence-electron chi connectivity index (χ4n) is 2.14. The second-order valence-corrected chi connectivity index (χ2v) is 4.53. The first kappa shape index (κ1) is 15.4. The van der Waals surface area contributed by atoms with Gasteiger partial charge in [-0.3, -0.25) is 4.57 Å². The highest BCUT2D eigenvalue weighted by Gasteiger charge is 2.40. The molecule has 1 aliphatic rings. The molecule has 1 saturated heterocycles. The van der Waals surface area contributed by atoms with Gasteiger partial charge in [0.05, 0.1) is 12.9 Å². The van der Waals surface area contributed by atoms with E-state index in [4.69, 9.17) is 15.6 Å². The first-order valence-electron chi connectivity index (χ1n) is 6.29. The average Bonchev–Trinajstić information content (AvgIpc) is 2.78. The third kappa shape index (κ3) is 2.73. The summed E-state index contributed by atoms with van der Waals surface area (Å²) >= 11 is 0. The Kier molecular flexibility index (Phi) is 4.51. The maximum absolute atomic E-state index is 13.0. The smallest absolute Gasteiger partial charge is 0.351 e. The van der Waals surface area contributed by atoms with Gasteiger partial charge in [0.25, 0.3) is 0 Å². The molecule has 2 heterocycles. The normalized spacial score (nSPS) is 27.8. The molecule has 0 radical (unpaired) electrons. The van der Waals surface area contributed by atoms with E-state index in [2.05, 4.69) is 4.98 Å². The van der Waals surface area contributed by atoms with Gasteiger partial charge in [0.15, 0.2) is 6.23 Å². The van der Waals surface area contributed by atoms with E-state index in [9.17, 15) is 14.3 Å². The predicted molar refractivity (Wildman–Crippen MR) is 73.8 cm³/mol. The van der Waals surface area contributed by atoms with Crippen molar-refractivity contribution in [3.05, 3.63) is 40.2 Å². The monoisotopic (exact) mass is 297 g/mol. The molecule has 7 nitrogen and oxygen atoms in total. The molecule has 8 heteroatoms. The Morgan fingerprint density at radius 1 is 1.62 bits per heavy atom. The number of aromatic nitrogens is 2. The van der Waals surface area contributed by atoms with Gasteiger partial charge in [0.2, 0.25) is 0 Å². The molecular formula is C13H16FN3O4. The van der Waals surface area contributed by atoms with Crippen LogP contribution in [0.4, 0.5) is 10.2 Å². The molecule has 1 aliphatic heterocycles. The van der Waals surface area contributed by atoms with Gasteiger partial charge in [-0.2, -0.15) is 4.98 Å². The summed E-state index contributed by atoms with van der Waals surface area (Å²) in [5.74, 6) is 0.0392. The summed E-state index contributed by atoms with van der Waals surface area (Å²) in [5.41, 5.74) is 5.19. The van der Waals surface area contributed by atoms with Crippen molar-refractivity contribution in [1.82, 2.24) is 9.55 Å². The molecule has 3 unspecified atom stereocenters. The fraction of sp³-hybridized carbons (Fsp3) is 0.385. The summed E-state index contributed by atoms with van der Waals surface area (Å²) in [6.07, 6.45) is 1.35. The summed E-state index contributed by atoms with van der Waals surface area (Å²) in [5, 5.41) is 18.9. The van der Waals surface area contributed by atoms with Crippen molar-refractivity contribution in [3.8, 4) is 0 Å². The SMILES string of the molecule is C/C=C\c1cn(C2OC(CO)C(O)/C2=C\F)c(=O)nc1N. The molecule has 1 fully saturated rings. The number of hydrogen-bond donors (Lipinski definition) is 3. The standard InChI is InChI=1S/C13H16FN3O4/c1-2-3-7-5-17(13(20)16-11(7)15)12-8(4-14)10(19)9(6-18)21-12/h2-5,9-10,12,18-19H,6H2,1H3,(H2,15,16,20)/b3-2-,8-4+. The predicted octanol–water partition coefficient (Wildman–Crippen LogP) is -0.0374. The number of anilines is 1. The first-order valence-corrected chi connectivity index (χ1v) is 6.29. The lowest BCUT2D eigenvalue weighted by molar-refractivity contribution is -0.0447. The van der Waals surface area contributed by atoms with Gasteiger partial charge in [-0.05, 0) is 6.92 Å². The van der Waals surface area contributed by atoms with E-state index in [1.54, 1.807) is 19.1 Å². The Morgan fingerprint density at radius 2 is 2.33 bits per heavy atom. The topological polar surface area (TPSA) is 111 Å². The van der Waals surface area contributed by atoms with Crippen LogP contribution in [0.3, 0.4) is 0 Å². The van der Waals surface area contributed by atoms with Gasteiger partial charge in [0.1, 0.15) is 18.0 Å². The molecule has 0 aromatic carbocycles. The number of rotatable bonds is 3. The average molecular weight is 297 g/mol. The highest BCUT2D eigenvalue weighted by atomic mass is 19.1. The van der Waals surface area contributed by atoms with Gasteiger partial charge < -0.3 is 20.7 Å². The van der Waals surface area contributed by atoms with Crippen LogP contribution in [-0.4, -0.2) is 38.6 Å². The van der Waals surface area contributed by atoms with Crippen molar-refractivity contribution in [2.24, 2.45) is 0 Å². The van der Waals surface area contributed by atoms with Gasteiger partial charge in [-0.25, -0.2) is 9.18 Å². The van der Waals surface area contributed by atoms with E-state index < -0.39 is 30.7 Å². The molecule has 3 atom stereocenters. The van der Waals surface area contributed by atoms with Crippen LogP contribution in [0.2, 0.25) is 0 Å². The zero-order chi connectivity index (χ0) is 15.6. The zero-order valence-electron chi connectivity index (χ0n) is 11.3. The largest absolute Gasteiger partial charge is 0.394 e. The molecule has 0 aliphatic carbocycles. The molecule has 21 heavy (non-hydrogen) atoms. The third-order valence-electron chi connectivity index (χ3n) is 3.20. The number of ether oxygens (including phenoxy) is 1. The van der Waals surface area contributed by atoms with Crippen molar-refractivity contribution in [2.75, 3.05) is 12.3 Å². The van der Waals surface area contributed by atoms with Crippen molar-refractivity contribution in [2.45, 2.75) is 25.4 Å². The summed E-state index contributed by atoms with van der Waals surface area (Å²) in [6, 6.07) is 0. The van der Waals surface area contributed by atoms with Gasteiger partial charge in [-0.15, -0.1) is 0 Å². The summed E-state index contributed by atoms with van der Waals surface area (Å²) in [4.78, 5) is 15.6. The molecule has 114 valence electrons. The van der Waals surface area contributed by atoms with Crippen molar-refractivity contribution in [1.29, 1.82) is 0 Å². The number of hydrogen-bond acceptors (Lipinski definition) is 6. The number of aliphatic hydroxyl groups excluding tert-OH is 2. The molecule has 4 N–H and O–H groups in total. The lowest BCUT2D eigenvalue weighted by atomic mass is 10.1. The van der Waals surface area contributed by atoms with Crippen LogP contribution < -0.4 is 11.4 Å². The number of aliphatic hydroxyl groups is 2. The Labute approximate surface area is 119 Å². The van der Waals surface area contributed by atoms with Gasteiger partial charge in [-0.1, -0.05) is 12.2 Å². The minimum atomic E-state index is -1.33. The fourth-order valence-corrected chi connectivity index (χ4v) is 2.14. The highest BCUT2D eigenvalue weighted by molar-refractivity contribution is 5.59. The lowest BCUT2D eigenvalue weighted by Gasteiger charge is -2.16. The second-order valence-electron chi connectivity index (χ2n) is 4.53. The Morgan fingerprint density at radius 3 is 2.90 bits per heavy atom. The maximum atomic E-state index is 13.0. The molecule has 1 aromatic heterocycles. The van der Waals surface area contributed by atoms with Crippen LogP contribution in [0.1, 0.15) is 18.7 Å². The van der Waals surface area contributed by atoms with E-state index in [-0.39, 0.29) is 17.7 Å². The first-order chi connectivity index (χ1) is 10.0. The second kappa shape index (κ2) is 6.17. The van der Waals surface area contributed by atoms with Crippen LogP contribution >= 0.6 is 0 Å². The summed E-state index contributed by atoms with van der Waals surface area (Å²) in [7, 11) is 0. The maximum Gasteiger partial charge on any atom is 0.351 e. The summed E-state index contributed by atoms with van der Waals surface area (Å²) in [6.45, 7) is 1.26. The van der Waals surface area contributed by atoms with Gasteiger partial charge in [0, 0.05) is 17.3 Å². The number of nitrogens with zero attached hydrogens (tertiary/aromatic N) is 2. The number of halogens is 1. The molecule has 0 amide bonds. The van der Waals surface area contributed by atoms with Crippen LogP contribution in [0.5, 0.6) is 0 Å². The van der Waals surface area contributed by atoms with Crippen molar-refractivity contribution < 1.29 is 19.3 Å². The quantitative estimate of drug-likeness (QED) is 0.722. The Balaban J connectivity index is 2.51. The molecule has 0 saturated carbocycles. The molecule has 0 bridgehead atoms. The van der Waals surface area contributed by atoms with E-state index >= 15 is 0 Å². The minimum Gasteiger partial charge on any atom is -0.394 e. The van der Waals surface area contributed by atoms with Crippen molar-refractivity contribution in [3.63, 3.8) is 0 Å². The minimum absolute atomic E-state index is 0.0392. The number of allylic oxidation sites excluding steroid dienone is 1. The third-order valence-corrected chi connectivity index (χ3v) is 3.20. The van der Waals surface area contributed by atoms with Crippen molar-refractivity contribution >= 4 is 11.9 Å². The Bertz CT molecular complexity index is 641.